The normalized spacial score (nSPS) is 10.7. The molecule has 1 amide bonds. The Morgan fingerprint density at radius 1 is 1.21 bits per heavy atom. The monoisotopic (exact) mass is 284 g/mol. The van der Waals surface area contributed by atoms with Gasteiger partial charge in [0, 0.05) is 19.5 Å². The molecule has 2 N–H and O–H groups in total. The van der Waals surface area contributed by atoms with Gasteiger partial charge >= 0.3 is 0 Å². The van der Waals surface area contributed by atoms with E-state index in [4.69, 9.17) is 0 Å². The lowest BCUT2D eigenvalue weighted by Crippen LogP contribution is -2.36. The maximum absolute atomic E-state index is 11.5. The van der Waals surface area contributed by atoms with Crippen LogP contribution in [0.3, 0.4) is 0 Å². The number of hydrogen-bond donors (Lipinski definition) is 2. The van der Waals surface area contributed by atoms with E-state index in [0.717, 1.165) is 13.0 Å². The van der Waals surface area contributed by atoms with Gasteiger partial charge in [0.1, 0.15) is 0 Å². The molecule has 0 unspecified atom stereocenters. The van der Waals surface area contributed by atoms with Crippen LogP contribution in [0.5, 0.6) is 0 Å². The van der Waals surface area contributed by atoms with E-state index in [2.05, 4.69) is 48.7 Å². The molecule has 0 heterocycles. The van der Waals surface area contributed by atoms with E-state index in [0.29, 0.717) is 13.0 Å². The minimum atomic E-state index is 0. The molecule has 0 saturated carbocycles. The number of benzene rings is 1. The molecule has 1 aromatic carbocycles. The van der Waals surface area contributed by atoms with Crippen molar-refractivity contribution >= 4 is 18.3 Å². The van der Waals surface area contributed by atoms with Gasteiger partial charge in [0.25, 0.3) is 0 Å². The van der Waals surface area contributed by atoms with Crippen LogP contribution in [0.1, 0.15) is 25.8 Å². The Balaban J connectivity index is 0.00000324. The number of carbonyl (C=O) groups is 1. The molecule has 3 nitrogen and oxygen atoms in total. The van der Waals surface area contributed by atoms with Gasteiger partial charge in [-0.1, -0.05) is 44.2 Å². The van der Waals surface area contributed by atoms with Crippen molar-refractivity contribution in [3.63, 3.8) is 0 Å². The zero-order chi connectivity index (χ0) is 13.4. The average Bonchev–Trinajstić information content (AvgIpc) is 2.35. The summed E-state index contributed by atoms with van der Waals surface area (Å²) in [6.07, 6.45) is 1.51. The molecule has 0 aliphatic carbocycles. The molecule has 19 heavy (non-hydrogen) atoms. The second kappa shape index (κ2) is 8.94. The van der Waals surface area contributed by atoms with E-state index in [1.54, 1.807) is 0 Å². The van der Waals surface area contributed by atoms with Gasteiger partial charge in [-0.3, -0.25) is 4.79 Å². The first kappa shape index (κ1) is 17.9. The number of hydrogen-bond acceptors (Lipinski definition) is 2. The van der Waals surface area contributed by atoms with E-state index in [9.17, 15) is 4.79 Å². The van der Waals surface area contributed by atoms with Gasteiger partial charge in [-0.05, 0) is 24.4 Å². The second-order valence-corrected chi connectivity index (χ2v) is 5.46. The Labute approximate surface area is 122 Å². The smallest absolute Gasteiger partial charge is 0.221 e. The number of carbonyl (C=O) groups excluding carboxylic acids is 1. The van der Waals surface area contributed by atoms with Gasteiger partial charge in [-0.25, -0.2) is 0 Å². The van der Waals surface area contributed by atoms with Crippen molar-refractivity contribution in [3.8, 4) is 0 Å². The number of nitrogens with one attached hydrogen (secondary N) is 2. The third-order valence-corrected chi connectivity index (χ3v) is 2.89. The Kier molecular flexibility index (Phi) is 8.44. The lowest BCUT2D eigenvalue weighted by molar-refractivity contribution is -0.121. The molecule has 1 rings (SSSR count). The third kappa shape index (κ3) is 7.85. The highest BCUT2D eigenvalue weighted by atomic mass is 35.5. The summed E-state index contributed by atoms with van der Waals surface area (Å²) in [5.74, 6) is 0.116. The van der Waals surface area contributed by atoms with Gasteiger partial charge in [-0.15, -0.1) is 12.4 Å². The lowest BCUT2D eigenvalue weighted by atomic mass is 9.85. The van der Waals surface area contributed by atoms with E-state index in [-0.39, 0.29) is 23.7 Å². The quantitative estimate of drug-likeness (QED) is 0.807. The van der Waals surface area contributed by atoms with Crippen LogP contribution in [0, 0.1) is 5.41 Å². The summed E-state index contributed by atoms with van der Waals surface area (Å²) in [5, 5.41) is 5.97. The summed E-state index contributed by atoms with van der Waals surface area (Å²) in [7, 11) is 1.85. The van der Waals surface area contributed by atoms with Crippen LogP contribution in [-0.4, -0.2) is 26.0 Å². The fourth-order valence-electron chi connectivity index (χ4n) is 1.88. The van der Waals surface area contributed by atoms with Crippen LogP contribution < -0.4 is 10.6 Å². The summed E-state index contributed by atoms with van der Waals surface area (Å²) in [5.41, 5.74) is 1.39. The molecule has 4 heteroatoms. The number of amides is 1. The SMILES string of the molecule is CNCCC(=O)NCC(C)(C)Cc1ccccc1.Cl. The Morgan fingerprint density at radius 3 is 2.42 bits per heavy atom. The van der Waals surface area contributed by atoms with Crippen molar-refractivity contribution in [3.05, 3.63) is 35.9 Å². The summed E-state index contributed by atoms with van der Waals surface area (Å²) < 4.78 is 0. The molecule has 0 aromatic heterocycles. The summed E-state index contributed by atoms with van der Waals surface area (Å²) in [6.45, 7) is 5.80. The minimum Gasteiger partial charge on any atom is -0.356 e. The highest BCUT2D eigenvalue weighted by molar-refractivity contribution is 5.85. The maximum Gasteiger partial charge on any atom is 0.221 e. The molecule has 108 valence electrons. The van der Waals surface area contributed by atoms with Crippen molar-refractivity contribution in [2.75, 3.05) is 20.1 Å². The zero-order valence-electron chi connectivity index (χ0n) is 12.0. The summed E-state index contributed by atoms with van der Waals surface area (Å²) >= 11 is 0. The Bertz CT molecular complexity index is 366. The largest absolute Gasteiger partial charge is 0.356 e. The van der Waals surface area contributed by atoms with Gasteiger partial charge in [0.2, 0.25) is 5.91 Å². The van der Waals surface area contributed by atoms with Crippen molar-refractivity contribution < 1.29 is 4.79 Å². The van der Waals surface area contributed by atoms with Crippen LogP contribution >= 0.6 is 12.4 Å². The first-order chi connectivity index (χ1) is 8.53. The fourth-order valence-corrected chi connectivity index (χ4v) is 1.88. The lowest BCUT2D eigenvalue weighted by Gasteiger charge is -2.25. The molecule has 0 aliphatic heterocycles. The van der Waals surface area contributed by atoms with Crippen molar-refractivity contribution in [1.29, 1.82) is 0 Å². The number of rotatable bonds is 7. The molecule has 0 aliphatic rings. The fraction of sp³-hybridized carbons (Fsp3) is 0.533. The topological polar surface area (TPSA) is 41.1 Å². The third-order valence-electron chi connectivity index (χ3n) is 2.89. The van der Waals surface area contributed by atoms with Gasteiger partial charge in [0.05, 0.1) is 0 Å². The highest BCUT2D eigenvalue weighted by Crippen LogP contribution is 2.20. The first-order valence-electron chi connectivity index (χ1n) is 6.49. The van der Waals surface area contributed by atoms with Crippen LogP contribution in [0.2, 0.25) is 0 Å². The zero-order valence-corrected chi connectivity index (χ0v) is 12.8. The number of halogens is 1. The molecule has 0 spiro atoms. The Morgan fingerprint density at radius 2 is 1.84 bits per heavy atom. The van der Waals surface area contributed by atoms with Crippen molar-refractivity contribution in [2.45, 2.75) is 26.7 Å². The summed E-state index contributed by atoms with van der Waals surface area (Å²) in [6, 6.07) is 10.4. The average molecular weight is 285 g/mol. The van der Waals surface area contributed by atoms with Gasteiger partial charge in [0.15, 0.2) is 0 Å². The highest BCUT2D eigenvalue weighted by Gasteiger charge is 2.19. The molecule has 0 fully saturated rings. The van der Waals surface area contributed by atoms with E-state index < -0.39 is 0 Å². The summed E-state index contributed by atoms with van der Waals surface area (Å²) in [4.78, 5) is 11.5. The van der Waals surface area contributed by atoms with Gasteiger partial charge in [-0.2, -0.15) is 0 Å². The standard InChI is InChI=1S/C15H24N2O.ClH/c1-15(2,11-13-7-5-4-6-8-13)12-17-14(18)9-10-16-3;/h4-8,16H,9-12H2,1-3H3,(H,17,18);1H. The predicted molar refractivity (Wildman–Crippen MR) is 82.7 cm³/mol. The van der Waals surface area contributed by atoms with Crippen molar-refractivity contribution in [2.24, 2.45) is 5.41 Å². The van der Waals surface area contributed by atoms with E-state index in [1.807, 2.05) is 13.1 Å². The van der Waals surface area contributed by atoms with Crippen LogP contribution in [0.25, 0.3) is 0 Å². The van der Waals surface area contributed by atoms with Crippen molar-refractivity contribution in [1.82, 2.24) is 10.6 Å². The Hall–Kier alpha value is -1.06. The maximum atomic E-state index is 11.5. The van der Waals surface area contributed by atoms with E-state index >= 15 is 0 Å². The van der Waals surface area contributed by atoms with E-state index in [1.165, 1.54) is 5.56 Å². The van der Waals surface area contributed by atoms with Crippen LogP contribution in [0.15, 0.2) is 30.3 Å². The van der Waals surface area contributed by atoms with Gasteiger partial charge < -0.3 is 10.6 Å². The van der Waals surface area contributed by atoms with Crippen LogP contribution in [-0.2, 0) is 11.2 Å². The molecule has 0 atom stereocenters. The minimum absolute atomic E-state index is 0. The molecule has 0 saturated heterocycles. The molecule has 0 bridgehead atoms. The molecule has 0 radical (unpaired) electrons. The molecular formula is C15H25ClN2O. The molecule has 1 aromatic rings. The predicted octanol–water partition coefficient (Wildman–Crippen LogP) is 2.40. The second-order valence-electron chi connectivity index (χ2n) is 5.46. The first-order valence-corrected chi connectivity index (χ1v) is 6.49. The van der Waals surface area contributed by atoms with Crippen LogP contribution in [0.4, 0.5) is 0 Å². The molecular weight excluding hydrogens is 260 g/mol.